The second-order valence-electron chi connectivity index (χ2n) is 8.55. The number of benzene rings is 2. The van der Waals surface area contributed by atoms with Crippen molar-refractivity contribution in [3.63, 3.8) is 0 Å². The van der Waals surface area contributed by atoms with Crippen LogP contribution in [-0.4, -0.2) is 41.8 Å². The summed E-state index contributed by atoms with van der Waals surface area (Å²) < 4.78 is 6.74. The fourth-order valence-corrected chi connectivity index (χ4v) is 4.73. The van der Waals surface area contributed by atoms with Gasteiger partial charge in [0.1, 0.15) is 11.4 Å². The van der Waals surface area contributed by atoms with Crippen LogP contribution in [0, 0.1) is 0 Å². The van der Waals surface area contributed by atoms with E-state index in [1.165, 1.54) is 11.1 Å². The van der Waals surface area contributed by atoms with Gasteiger partial charge in [0, 0.05) is 35.7 Å². The SMILES string of the molecule is C=C1CCCCN1c1ccc(N2CCc3c(C(N)=O)nn(-c4ccc(OC)cc4)c3C2=O)cc1.CC. The lowest BCUT2D eigenvalue weighted by Gasteiger charge is -2.32. The number of piperidine rings is 1. The quantitative estimate of drug-likeness (QED) is 0.562. The monoisotopic (exact) mass is 487 g/mol. The van der Waals surface area contributed by atoms with Gasteiger partial charge in [-0.2, -0.15) is 5.10 Å². The van der Waals surface area contributed by atoms with Crippen molar-refractivity contribution in [1.82, 2.24) is 9.78 Å². The number of amides is 2. The lowest BCUT2D eigenvalue weighted by atomic mass is 10.0. The lowest BCUT2D eigenvalue weighted by molar-refractivity contribution is 0.0972. The molecular weight excluding hydrogens is 454 g/mol. The van der Waals surface area contributed by atoms with E-state index in [4.69, 9.17) is 10.5 Å². The molecule has 188 valence electrons. The summed E-state index contributed by atoms with van der Waals surface area (Å²) in [6.07, 6.45) is 3.81. The van der Waals surface area contributed by atoms with E-state index in [1.807, 2.05) is 38.1 Å². The third kappa shape index (κ3) is 4.58. The zero-order chi connectivity index (χ0) is 25.8. The van der Waals surface area contributed by atoms with Crippen LogP contribution >= 0.6 is 0 Å². The number of fused-ring (bicyclic) bond motifs is 1. The first kappa shape index (κ1) is 25.0. The van der Waals surface area contributed by atoms with E-state index in [1.54, 1.807) is 36.3 Å². The fourth-order valence-electron chi connectivity index (χ4n) is 4.73. The minimum atomic E-state index is -0.643. The van der Waals surface area contributed by atoms with Crippen molar-refractivity contribution in [1.29, 1.82) is 0 Å². The second kappa shape index (κ2) is 10.7. The number of rotatable bonds is 5. The Balaban J connectivity index is 0.00000148. The molecule has 1 aromatic heterocycles. The smallest absolute Gasteiger partial charge is 0.277 e. The topological polar surface area (TPSA) is 93.7 Å². The molecule has 0 aliphatic carbocycles. The molecule has 3 aromatic rings. The standard InChI is InChI=1S/C26H27N5O3.C2H6/c1-17-5-3-4-15-29(17)18-6-8-19(9-7-18)30-16-14-22-23(25(27)32)28-31(24(22)26(30)33)20-10-12-21(34-2)13-11-20;1-2/h6-13H,1,3-5,14-16H2,2H3,(H2,27,32);1-2H3. The number of allylic oxidation sites excluding steroid dienone is 1. The van der Waals surface area contributed by atoms with Gasteiger partial charge >= 0.3 is 0 Å². The van der Waals surface area contributed by atoms with Gasteiger partial charge < -0.3 is 20.3 Å². The zero-order valence-corrected chi connectivity index (χ0v) is 21.2. The number of nitrogens with zero attached hydrogens (tertiary/aromatic N) is 4. The van der Waals surface area contributed by atoms with Crippen LogP contribution in [0.3, 0.4) is 0 Å². The Morgan fingerprint density at radius 2 is 1.53 bits per heavy atom. The Bertz CT molecular complexity index is 1260. The van der Waals surface area contributed by atoms with Crippen molar-refractivity contribution in [2.75, 3.05) is 30.0 Å². The average Bonchev–Trinajstić information content (AvgIpc) is 3.32. The first-order valence-electron chi connectivity index (χ1n) is 12.4. The maximum atomic E-state index is 13.7. The number of methoxy groups -OCH3 is 1. The van der Waals surface area contributed by atoms with Gasteiger partial charge in [-0.1, -0.05) is 20.4 Å². The number of nitrogens with two attached hydrogens (primary N) is 1. The van der Waals surface area contributed by atoms with Crippen LogP contribution in [0.15, 0.2) is 60.8 Å². The molecule has 8 nitrogen and oxygen atoms in total. The van der Waals surface area contributed by atoms with E-state index in [0.29, 0.717) is 35.7 Å². The zero-order valence-electron chi connectivity index (χ0n) is 21.2. The van der Waals surface area contributed by atoms with Crippen molar-refractivity contribution in [3.8, 4) is 11.4 Å². The van der Waals surface area contributed by atoms with E-state index in [0.717, 1.165) is 36.5 Å². The van der Waals surface area contributed by atoms with Crippen molar-refractivity contribution in [2.24, 2.45) is 5.73 Å². The molecular formula is C28H33N5O3. The highest BCUT2D eigenvalue weighted by Crippen LogP contribution is 2.32. The molecule has 0 atom stereocenters. The Morgan fingerprint density at radius 3 is 2.11 bits per heavy atom. The molecule has 2 amide bonds. The number of ether oxygens (including phenoxy) is 1. The molecule has 8 heteroatoms. The Hall–Kier alpha value is -4.07. The van der Waals surface area contributed by atoms with Crippen LogP contribution in [0.5, 0.6) is 5.75 Å². The van der Waals surface area contributed by atoms with Crippen LogP contribution in [0.4, 0.5) is 11.4 Å². The van der Waals surface area contributed by atoms with Crippen molar-refractivity contribution >= 4 is 23.2 Å². The van der Waals surface area contributed by atoms with Crippen LogP contribution in [-0.2, 0) is 6.42 Å². The summed E-state index contributed by atoms with van der Waals surface area (Å²) in [5.41, 5.74) is 10.3. The van der Waals surface area contributed by atoms with Gasteiger partial charge in [0.05, 0.1) is 12.8 Å². The lowest BCUT2D eigenvalue weighted by Crippen LogP contribution is -2.39. The molecule has 2 aliphatic rings. The van der Waals surface area contributed by atoms with Gasteiger partial charge in [-0.3, -0.25) is 9.59 Å². The molecule has 0 unspecified atom stereocenters. The molecule has 2 N–H and O–H groups in total. The molecule has 2 aromatic carbocycles. The van der Waals surface area contributed by atoms with Crippen molar-refractivity contribution in [2.45, 2.75) is 39.5 Å². The molecule has 1 fully saturated rings. The average molecular weight is 488 g/mol. The summed E-state index contributed by atoms with van der Waals surface area (Å²) in [6.45, 7) is 9.59. The number of primary amides is 1. The highest BCUT2D eigenvalue weighted by molar-refractivity contribution is 6.09. The molecule has 5 rings (SSSR count). The summed E-state index contributed by atoms with van der Waals surface area (Å²) in [6, 6.07) is 15.1. The maximum Gasteiger partial charge on any atom is 0.277 e. The number of aromatic nitrogens is 2. The van der Waals surface area contributed by atoms with Crippen LogP contribution in [0.25, 0.3) is 5.69 Å². The normalized spacial score (nSPS) is 15.2. The number of hydrogen-bond acceptors (Lipinski definition) is 5. The predicted octanol–water partition coefficient (Wildman–Crippen LogP) is 4.71. The fraction of sp³-hybridized carbons (Fsp3) is 0.321. The van der Waals surface area contributed by atoms with Gasteiger partial charge in [-0.15, -0.1) is 0 Å². The predicted molar refractivity (Wildman–Crippen MR) is 142 cm³/mol. The summed E-state index contributed by atoms with van der Waals surface area (Å²) in [5.74, 6) is -0.174. The Morgan fingerprint density at radius 1 is 0.917 bits per heavy atom. The third-order valence-electron chi connectivity index (χ3n) is 6.52. The molecule has 0 spiro atoms. The van der Waals surface area contributed by atoms with Gasteiger partial charge in [0.25, 0.3) is 11.8 Å². The first-order chi connectivity index (χ1) is 17.5. The van der Waals surface area contributed by atoms with Crippen molar-refractivity contribution in [3.05, 3.63) is 77.8 Å². The van der Waals surface area contributed by atoms with E-state index in [2.05, 4.69) is 16.6 Å². The Labute approximate surface area is 211 Å². The van der Waals surface area contributed by atoms with E-state index in [-0.39, 0.29) is 11.6 Å². The second-order valence-corrected chi connectivity index (χ2v) is 8.55. The van der Waals surface area contributed by atoms with Crippen LogP contribution in [0.1, 0.15) is 59.7 Å². The van der Waals surface area contributed by atoms with E-state index < -0.39 is 5.91 Å². The van der Waals surface area contributed by atoms with Gasteiger partial charge in [0.15, 0.2) is 5.69 Å². The Kier molecular flexibility index (Phi) is 7.43. The number of hydrogen-bond donors (Lipinski definition) is 1. The largest absolute Gasteiger partial charge is 0.497 e. The van der Waals surface area contributed by atoms with Crippen molar-refractivity contribution < 1.29 is 14.3 Å². The summed E-state index contributed by atoms with van der Waals surface area (Å²) in [4.78, 5) is 29.7. The number of anilines is 2. The highest BCUT2D eigenvalue weighted by atomic mass is 16.5. The van der Waals surface area contributed by atoms with Gasteiger partial charge in [-0.05, 0) is 74.2 Å². The summed E-state index contributed by atoms with van der Waals surface area (Å²) in [7, 11) is 1.59. The molecule has 0 saturated carbocycles. The van der Waals surface area contributed by atoms with Gasteiger partial charge in [0.2, 0.25) is 0 Å². The summed E-state index contributed by atoms with van der Waals surface area (Å²) in [5, 5.41) is 4.42. The van der Waals surface area contributed by atoms with E-state index in [9.17, 15) is 9.59 Å². The highest BCUT2D eigenvalue weighted by Gasteiger charge is 2.34. The maximum absolute atomic E-state index is 13.7. The minimum Gasteiger partial charge on any atom is -0.497 e. The third-order valence-corrected chi connectivity index (χ3v) is 6.52. The summed E-state index contributed by atoms with van der Waals surface area (Å²) >= 11 is 0. The molecule has 2 aliphatic heterocycles. The van der Waals surface area contributed by atoms with E-state index >= 15 is 0 Å². The molecule has 36 heavy (non-hydrogen) atoms. The molecule has 0 bridgehead atoms. The minimum absolute atomic E-state index is 0.137. The van der Waals surface area contributed by atoms with Crippen LogP contribution < -0.4 is 20.3 Å². The molecule has 3 heterocycles. The van der Waals surface area contributed by atoms with Gasteiger partial charge in [-0.25, -0.2) is 4.68 Å². The first-order valence-corrected chi connectivity index (χ1v) is 12.4. The molecule has 1 saturated heterocycles. The number of carbonyl (C=O) groups is 2. The van der Waals surface area contributed by atoms with Crippen LogP contribution in [0.2, 0.25) is 0 Å². The molecule has 0 radical (unpaired) electrons. The number of carbonyl (C=O) groups excluding carboxylic acids is 2.